The third-order valence-electron chi connectivity index (χ3n) is 1.93. The number of aliphatic hydroxyl groups is 1. The maximum atomic E-state index is 10.4. The molecule has 106 valence electrons. The molecule has 10 heteroatoms. The van der Waals surface area contributed by atoms with E-state index in [1.54, 1.807) is 0 Å². The van der Waals surface area contributed by atoms with Crippen LogP contribution in [0.1, 0.15) is 0 Å². The Bertz CT molecular complexity index is 470. The van der Waals surface area contributed by atoms with Crippen molar-refractivity contribution in [3.63, 3.8) is 0 Å². The zero-order valence-electron chi connectivity index (χ0n) is 9.58. The van der Waals surface area contributed by atoms with Crippen LogP contribution in [-0.4, -0.2) is 39.1 Å². The summed E-state index contributed by atoms with van der Waals surface area (Å²) in [4.78, 5) is 26.6. The van der Waals surface area contributed by atoms with Crippen molar-refractivity contribution in [2.75, 3.05) is 13.2 Å². The van der Waals surface area contributed by atoms with Gasteiger partial charge in [-0.1, -0.05) is 0 Å². The molecular weight excluding hydrogens is 281 g/mol. The zero-order valence-corrected chi connectivity index (χ0v) is 10.5. The van der Waals surface area contributed by atoms with Crippen LogP contribution >= 0.6 is 7.82 Å². The Balaban J connectivity index is 2.39. The van der Waals surface area contributed by atoms with Crippen LogP contribution in [0, 0.1) is 10.1 Å². The molecule has 0 saturated heterocycles. The molecule has 0 amide bonds. The fraction of sp³-hybridized carbons (Fsp3) is 0.333. The Morgan fingerprint density at radius 2 is 1.84 bits per heavy atom. The largest absolute Gasteiger partial charge is 0.491 e. The number of hydrogen-bond acceptors (Lipinski definition) is 6. The van der Waals surface area contributed by atoms with Gasteiger partial charge in [0.15, 0.2) is 0 Å². The van der Waals surface area contributed by atoms with Gasteiger partial charge in [0.2, 0.25) is 0 Å². The summed E-state index contributed by atoms with van der Waals surface area (Å²) in [5.74, 6) is 0.279. The summed E-state index contributed by atoms with van der Waals surface area (Å²) in [6, 6.07) is 5.14. The molecule has 0 bridgehead atoms. The zero-order chi connectivity index (χ0) is 14.5. The third kappa shape index (κ3) is 6.27. The molecule has 3 N–H and O–H groups in total. The topological polar surface area (TPSA) is 139 Å². The predicted molar refractivity (Wildman–Crippen MR) is 62.6 cm³/mol. The Morgan fingerprint density at radius 1 is 1.26 bits per heavy atom. The van der Waals surface area contributed by atoms with Crippen LogP contribution in [0.5, 0.6) is 5.75 Å². The number of hydrogen-bond donors (Lipinski definition) is 3. The van der Waals surface area contributed by atoms with Gasteiger partial charge in [-0.2, -0.15) is 0 Å². The number of non-ortho nitro benzene ring substituents is 1. The van der Waals surface area contributed by atoms with Gasteiger partial charge >= 0.3 is 7.82 Å². The summed E-state index contributed by atoms with van der Waals surface area (Å²) in [7, 11) is -4.62. The second kappa shape index (κ2) is 6.60. The lowest BCUT2D eigenvalue weighted by molar-refractivity contribution is -0.384. The van der Waals surface area contributed by atoms with Crippen LogP contribution in [0.4, 0.5) is 5.69 Å². The van der Waals surface area contributed by atoms with Crippen molar-refractivity contribution in [2.45, 2.75) is 6.10 Å². The van der Waals surface area contributed by atoms with Crippen LogP contribution < -0.4 is 4.74 Å². The number of benzene rings is 1. The molecule has 0 saturated carbocycles. The summed E-state index contributed by atoms with van der Waals surface area (Å²) < 4.78 is 19.5. The van der Waals surface area contributed by atoms with Gasteiger partial charge in [0.05, 0.1) is 11.5 Å². The van der Waals surface area contributed by atoms with Crippen LogP contribution in [0.15, 0.2) is 24.3 Å². The normalized spacial score (nSPS) is 13.0. The minimum absolute atomic E-state index is 0.0993. The van der Waals surface area contributed by atoms with Crippen LogP contribution in [0.2, 0.25) is 0 Å². The highest BCUT2D eigenvalue weighted by Gasteiger charge is 2.17. The molecule has 0 aliphatic rings. The van der Waals surface area contributed by atoms with Crippen molar-refractivity contribution in [2.24, 2.45) is 0 Å². The van der Waals surface area contributed by atoms with Crippen molar-refractivity contribution in [3.8, 4) is 5.75 Å². The van der Waals surface area contributed by atoms with Gasteiger partial charge in [-0.3, -0.25) is 14.6 Å². The van der Waals surface area contributed by atoms with E-state index in [2.05, 4.69) is 4.52 Å². The van der Waals surface area contributed by atoms with E-state index in [9.17, 15) is 19.8 Å². The number of aliphatic hydroxyl groups excluding tert-OH is 1. The molecule has 0 aliphatic heterocycles. The van der Waals surface area contributed by atoms with E-state index in [0.717, 1.165) is 0 Å². The number of ether oxygens (including phenoxy) is 1. The molecule has 1 unspecified atom stereocenters. The van der Waals surface area contributed by atoms with Gasteiger partial charge < -0.3 is 19.6 Å². The van der Waals surface area contributed by atoms with E-state index in [1.807, 2.05) is 0 Å². The minimum atomic E-state index is -4.62. The molecule has 1 atom stereocenters. The Hall–Kier alpha value is -1.51. The molecule has 9 nitrogen and oxygen atoms in total. The van der Waals surface area contributed by atoms with Crippen LogP contribution in [0.3, 0.4) is 0 Å². The third-order valence-corrected chi connectivity index (χ3v) is 2.41. The van der Waals surface area contributed by atoms with Gasteiger partial charge in [-0.25, -0.2) is 4.57 Å². The van der Waals surface area contributed by atoms with Gasteiger partial charge in [0.1, 0.15) is 18.5 Å². The van der Waals surface area contributed by atoms with E-state index in [0.29, 0.717) is 0 Å². The summed E-state index contributed by atoms with van der Waals surface area (Å²) in [6.07, 6.45) is -1.23. The first-order chi connectivity index (χ1) is 8.78. The molecule has 0 aromatic heterocycles. The highest BCUT2D eigenvalue weighted by molar-refractivity contribution is 7.46. The minimum Gasteiger partial charge on any atom is -0.491 e. The predicted octanol–water partition coefficient (Wildman–Crippen LogP) is 0.444. The lowest BCUT2D eigenvalue weighted by Crippen LogP contribution is -2.22. The van der Waals surface area contributed by atoms with Crippen molar-refractivity contribution in [1.82, 2.24) is 0 Å². The summed E-state index contributed by atoms with van der Waals surface area (Å²) in [6.45, 7) is -0.852. The Labute approximate surface area is 107 Å². The summed E-state index contributed by atoms with van der Waals surface area (Å²) in [5, 5.41) is 19.7. The van der Waals surface area contributed by atoms with Gasteiger partial charge in [-0.15, -0.1) is 0 Å². The van der Waals surface area contributed by atoms with Gasteiger partial charge in [-0.05, 0) is 12.1 Å². The number of nitro groups is 1. The van der Waals surface area contributed by atoms with Crippen molar-refractivity contribution in [3.05, 3.63) is 34.4 Å². The van der Waals surface area contributed by atoms with E-state index in [-0.39, 0.29) is 18.0 Å². The number of nitro benzene ring substituents is 1. The lowest BCUT2D eigenvalue weighted by atomic mass is 10.3. The van der Waals surface area contributed by atoms with E-state index >= 15 is 0 Å². The first-order valence-electron chi connectivity index (χ1n) is 5.03. The molecule has 0 heterocycles. The number of nitrogens with zero attached hydrogens (tertiary/aromatic N) is 1. The molecule has 1 rings (SSSR count). The molecule has 1 aromatic rings. The smallest absolute Gasteiger partial charge is 0.469 e. The summed E-state index contributed by atoms with van der Waals surface area (Å²) in [5.41, 5.74) is -0.0993. The van der Waals surface area contributed by atoms with Gasteiger partial charge in [0, 0.05) is 12.1 Å². The van der Waals surface area contributed by atoms with Crippen LogP contribution in [-0.2, 0) is 9.09 Å². The fourth-order valence-electron chi connectivity index (χ4n) is 1.09. The van der Waals surface area contributed by atoms with Crippen molar-refractivity contribution >= 4 is 13.5 Å². The standard InChI is InChI=1S/C9H12NO8P/c11-8(6-18-19(14,15)16)5-17-9-3-1-7(2-4-9)10(12)13/h1-4,8,11H,5-6H2,(H2,14,15,16). The monoisotopic (exact) mass is 293 g/mol. The molecule has 19 heavy (non-hydrogen) atoms. The quantitative estimate of drug-likeness (QED) is 0.374. The maximum Gasteiger partial charge on any atom is 0.469 e. The highest BCUT2D eigenvalue weighted by Crippen LogP contribution is 2.35. The highest BCUT2D eigenvalue weighted by atomic mass is 31.2. The fourth-order valence-corrected chi connectivity index (χ4v) is 1.45. The second-order valence-corrected chi connectivity index (χ2v) is 4.74. The van der Waals surface area contributed by atoms with Crippen LogP contribution in [0.25, 0.3) is 0 Å². The molecule has 0 spiro atoms. The maximum absolute atomic E-state index is 10.4. The molecule has 0 aliphatic carbocycles. The average molecular weight is 293 g/mol. The van der Waals surface area contributed by atoms with Crippen molar-refractivity contribution in [1.29, 1.82) is 0 Å². The Kier molecular flexibility index (Phi) is 5.40. The molecule has 0 fully saturated rings. The molecular formula is C9H12NO8P. The first-order valence-corrected chi connectivity index (χ1v) is 6.56. The molecule has 1 aromatic carbocycles. The SMILES string of the molecule is O=[N+]([O-])c1ccc(OCC(O)COP(=O)(O)O)cc1. The molecule has 0 radical (unpaired) electrons. The van der Waals surface area contributed by atoms with Gasteiger partial charge in [0.25, 0.3) is 5.69 Å². The number of rotatable bonds is 7. The van der Waals surface area contributed by atoms with Crippen molar-refractivity contribution < 1.29 is 33.6 Å². The average Bonchev–Trinajstić information content (AvgIpc) is 2.33. The first kappa shape index (κ1) is 15.5. The number of phosphoric ester groups is 1. The lowest BCUT2D eigenvalue weighted by Gasteiger charge is -2.12. The number of phosphoric acid groups is 1. The van der Waals surface area contributed by atoms with E-state index in [4.69, 9.17) is 14.5 Å². The van der Waals surface area contributed by atoms with E-state index in [1.165, 1.54) is 24.3 Å². The Morgan fingerprint density at radius 3 is 2.32 bits per heavy atom. The summed E-state index contributed by atoms with van der Waals surface area (Å²) >= 11 is 0. The van der Waals surface area contributed by atoms with E-state index < -0.39 is 25.5 Å². The second-order valence-electron chi connectivity index (χ2n) is 3.50.